The van der Waals surface area contributed by atoms with Crippen LogP contribution in [0.1, 0.15) is 52.7 Å². The van der Waals surface area contributed by atoms with E-state index < -0.39 is 76.5 Å². The fraction of sp³-hybridized carbons (Fsp3) is 0.182. The van der Waals surface area contributed by atoms with Crippen molar-refractivity contribution < 1.29 is 43.9 Å². The minimum atomic E-state index is -2.46. The summed E-state index contributed by atoms with van der Waals surface area (Å²) in [6.07, 6.45) is 0. The molecule has 1 aliphatic rings. The van der Waals surface area contributed by atoms with Gasteiger partial charge in [0.05, 0.1) is 22.4 Å². The van der Waals surface area contributed by atoms with Crippen LogP contribution in [0.5, 0.6) is 0 Å². The lowest BCUT2D eigenvalue weighted by Gasteiger charge is -2.31. The SMILES string of the molecule is CC(C)(C)c1ccc2c(c1)c1cc(C(C)(C)C)ccc1n2-c1ccc(B2N(c3c(F)c(F)c(F)c(F)c3F)c3ccccc3N2c2c(F)c(F)c(F)c(F)c2F)cc1. The molecule has 0 N–H and O–H groups in total. The molecule has 2 heterocycles. The van der Waals surface area contributed by atoms with Gasteiger partial charge in [-0.25, -0.2) is 43.9 Å². The first-order valence-electron chi connectivity index (χ1n) is 18.1. The van der Waals surface area contributed by atoms with Gasteiger partial charge >= 0.3 is 6.98 Å². The lowest BCUT2D eigenvalue weighted by Crippen LogP contribution is -2.54. The zero-order chi connectivity index (χ0) is 41.9. The van der Waals surface area contributed by atoms with Crippen molar-refractivity contribution >= 4 is 57.0 Å². The van der Waals surface area contributed by atoms with Crippen molar-refractivity contribution in [1.29, 1.82) is 0 Å². The average molecular weight is 804 g/mol. The summed E-state index contributed by atoms with van der Waals surface area (Å²) in [6, 6.07) is 23.0. The molecule has 0 fully saturated rings. The number of aromatic nitrogens is 1. The van der Waals surface area contributed by atoms with Gasteiger partial charge in [0.1, 0.15) is 11.4 Å². The van der Waals surface area contributed by atoms with Crippen LogP contribution in [0.4, 0.5) is 66.7 Å². The van der Waals surface area contributed by atoms with Gasteiger partial charge in [0.2, 0.25) is 11.6 Å². The Hall–Kier alpha value is -5.92. The Morgan fingerprint density at radius 2 is 0.759 bits per heavy atom. The quantitative estimate of drug-likeness (QED) is 0.0760. The molecule has 1 aliphatic heterocycles. The number of halogens is 10. The number of nitrogens with zero attached hydrogens (tertiary/aromatic N) is 3. The Kier molecular flexibility index (Phi) is 8.94. The van der Waals surface area contributed by atoms with Crippen LogP contribution in [0, 0.1) is 58.2 Å². The molecule has 58 heavy (non-hydrogen) atoms. The van der Waals surface area contributed by atoms with Gasteiger partial charge < -0.3 is 14.2 Å². The fourth-order valence-electron chi connectivity index (χ4n) is 7.67. The molecule has 0 bridgehead atoms. The number of benzene rings is 6. The zero-order valence-electron chi connectivity index (χ0n) is 31.8. The molecule has 3 nitrogen and oxygen atoms in total. The molecule has 1 aromatic heterocycles. The number of hydrogen-bond acceptors (Lipinski definition) is 2. The van der Waals surface area contributed by atoms with E-state index in [0.29, 0.717) is 15.3 Å². The molecular formula is C44H32BF10N3. The van der Waals surface area contributed by atoms with Crippen LogP contribution in [0.3, 0.4) is 0 Å². The van der Waals surface area contributed by atoms with Gasteiger partial charge in [-0.3, -0.25) is 0 Å². The van der Waals surface area contributed by atoms with E-state index in [1.807, 2.05) is 28.8 Å². The normalized spacial score (nSPS) is 13.4. The van der Waals surface area contributed by atoms with Gasteiger partial charge in [0, 0.05) is 16.5 Å². The molecule has 7 aromatic rings. The molecule has 0 spiro atoms. The second-order valence-corrected chi connectivity index (χ2v) is 16.3. The summed E-state index contributed by atoms with van der Waals surface area (Å²) < 4.78 is 153. The minimum absolute atomic E-state index is 0.0846. The summed E-state index contributed by atoms with van der Waals surface area (Å²) in [5.74, 6) is -23.3. The molecule has 0 amide bonds. The van der Waals surface area contributed by atoms with E-state index in [2.05, 4.69) is 53.7 Å². The molecule has 0 saturated heterocycles. The number of rotatable bonds is 4. The molecule has 0 saturated carbocycles. The number of anilines is 4. The van der Waals surface area contributed by atoms with E-state index in [-0.39, 0.29) is 27.7 Å². The van der Waals surface area contributed by atoms with E-state index >= 15 is 17.6 Å². The maximum atomic E-state index is 15.8. The maximum Gasteiger partial charge on any atom is 0.421 e. The first kappa shape index (κ1) is 38.9. The van der Waals surface area contributed by atoms with E-state index in [4.69, 9.17) is 0 Å². The van der Waals surface area contributed by atoms with Crippen LogP contribution in [-0.2, 0) is 10.8 Å². The average Bonchev–Trinajstić information content (AvgIpc) is 3.70. The fourth-order valence-corrected chi connectivity index (χ4v) is 7.67. The Labute approximate surface area is 326 Å². The van der Waals surface area contributed by atoms with Crippen LogP contribution in [0.25, 0.3) is 27.5 Å². The number of hydrogen-bond donors (Lipinski definition) is 0. The summed E-state index contributed by atoms with van der Waals surface area (Å²) >= 11 is 0. The van der Waals surface area contributed by atoms with Gasteiger partial charge in [-0.15, -0.1) is 0 Å². The van der Waals surface area contributed by atoms with Crippen LogP contribution < -0.4 is 15.1 Å². The minimum Gasteiger partial charge on any atom is -0.355 e. The highest BCUT2D eigenvalue weighted by Gasteiger charge is 2.49. The smallest absolute Gasteiger partial charge is 0.355 e. The Morgan fingerprint density at radius 3 is 1.10 bits per heavy atom. The molecule has 0 aliphatic carbocycles. The third-order valence-corrected chi connectivity index (χ3v) is 10.7. The summed E-state index contributed by atoms with van der Waals surface area (Å²) in [6.45, 7) is 10.6. The molecule has 6 aromatic carbocycles. The van der Waals surface area contributed by atoms with Crippen LogP contribution in [-0.4, -0.2) is 11.5 Å². The standard InChI is InChI=1S/C44H32BF10N3/c1-43(2,3)21-11-17-27-25(19-21)26-20-22(44(4,5)6)12-18-28(26)56(27)24-15-13-23(14-16-24)45-57(41-37(52)33(48)31(46)34(49)38(41)53)29-9-7-8-10-30(29)58(45)42-39(54)35(50)32(47)36(51)40(42)55/h7-20H,1-6H3. The molecule has 8 rings (SSSR count). The van der Waals surface area contributed by atoms with Crippen molar-refractivity contribution in [2.24, 2.45) is 0 Å². The second kappa shape index (κ2) is 13.3. The number of para-hydroxylation sites is 2. The highest BCUT2D eigenvalue weighted by atomic mass is 19.2. The molecular weight excluding hydrogens is 771 g/mol. The van der Waals surface area contributed by atoms with Gasteiger partial charge in [0.15, 0.2) is 46.5 Å². The second-order valence-electron chi connectivity index (χ2n) is 16.3. The number of fused-ring (bicyclic) bond motifs is 4. The Balaban J connectivity index is 1.39. The Morgan fingerprint density at radius 1 is 0.414 bits per heavy atom. The predicted octanol–water partition coefficient (Wildman–Crippen LogP) is 12.5. The van der Waals surface area contributed by atoms with Gasteiger partial charge in [-0.2, -0.15) is 0 Å². The van der Waals surface area contributed by atoms with Gasteiger partial charge in [-0.1, -0.05) is 77.9 Å². The summed E-state index contributed by atoms with van der Waals surface area (Å²) in [4.78, 5) is 1.17. The summed E-state index contributed by atoms with van der Waals surface area (Å²) in [7, 11) is 0. The third kappa shape index (κ3) is 5.73. The van der Waals surface area contributed by atoms with E-state index in [0.717, 1.165) is 45.1 Å². The molecule has 0 atom stereocenters. The highest BCUT2D eigenvalue weighted by molar-refractivity contribution is 6.84. The van der Waals surface area contributed by atoms with Crippen LogP contribution in [0.15, 0.2) is 84.9 Å². The van der Waals surface area contributed by atoms with Crippen LogP contribution >= 0.6 is 0 Å². The van der Waals surface area contributed by atoms with E-state index in [9.17, 15) is 26.3 Å². The summed E-state index contributed by atoms with van der Waals surface area (Å²) in [5.41, 5.74) is 0.0893. The van der Waals surface area contributed by atoms with Crippen molar-refractivity contribution in [2.45, 2.75) is 52.4 Å². The van der Waals surface area contributed by atoms with E-state index in [1.54, 1.807) is 12.1 Å². The van der Waals surface area contributed by atoms with Crippen molar-refractivity contribution in [1.82, 2.24) is 4.57 Å². The van der Waals surface area contributed by atoms with E-state index in [1.165, 1.54) is 24.3 Å². The van der Waals surface area contributed by atoms with Crippen LogP contribution in [0.2, 0.25) is 0 Å². The lowest BCUT2D eigenvalue weighted by molar-refractivity contribution is 0.380. The third-order valence-electron chi connectivity index (χ3n) is 10.7. The van der Waals surface area contributed by atoms with Gasteiger partial charge in [-0.05, 0) is 76.0 Å². The van der Waals surface area contributed by atoms with Gasteiger partial charge in [0.25, 0.3) is 0 Å². The van der Waals surface area contributed by atoms with Crippen molar-refractivity contribution in [3.63, 3.8) is 0 Å². The molecule has 0 unspecified atom stereocenters. The monoisotopic (exact) mass is 803 g/mol. The topological polar surface area (TPSA) is 11.4 Å². The zero-order valence-corrected chi connectivity index (χ0v) is 31.8. The lowest BCUT2D eigenvalue weighted by atomic mass is 9.64. The van der Waals surface area contributed by atoms with Crippen molar-refractivity contribution in [2.75, 3.05) is 9.62 Å². The predicted molar refractivity (Wildman–Crippen MR) is 207 cm³/mol. The van der Waals surface area contributed by atoms with Crippen molar-refractivity contribution in [3.05, 3.63) is 154 Å². The maximum absolute atomic E-state index is 15.8. The summed E-state index contributed by atoms with van der Waals surface area (Å²) in [5, 5.41) is 1.89. The first-order valence-corrected chi connectivity index (χ1v) is 18.1. The highest BCUT2D eigenvalue weighted by Crippen LogP contribution is 2.50. The largest absolute Gasteiger partial charge is 0.421 e. The molecule has 14 heteroatoms. The Bertz CT molecular complexity index is 2610. The molecule has 296 valence electrons. The first-order chi connectivity index (χ1) is 27.2. The molecule has 0 radical (unpaired) electrons. The van der Waals surface area contributed by atoms with Crippen molar-refractivity contribution in [3.8, 4) is 5.69 Å².